The molecule has 0 heterocycles. The monoisotopic (exact) mass is 523 g/mol. The van der Waals surface area contributed by atoms with Crippen LogP contribution >= 0.6 is 0 Å². The highest BCUT2D eigenvalue weighted by molar-refractivity contribution is 5.92. The molecule has 0 aromatic heterocycles. The fraction of sp³-hybridized carbons (Fsp3) is 0.516. The lowest BCUT2D eigenvalue weighted by Crippen LogP contribution is -2.54. The smallest absolute Gasteiger partial charge is 0.408 e. The van der Waals surface area contributed by atoms with Crippen molar-refractivity contribution < 1.29 is 19.1 Å². The van der Waals surface area contributed by atoms with E-state index in [-0.39, 0.29) is 30.8 Å². The number of hydrogen-bond donors (Lipinski definition) is 2. The summed E-state index contributed by atoms with van der Waals surface area (Å²) >= 11 is 0. The van der Waals surface area contributed by atoms with Crippen molar-refractivity contribution in [2.24, 2.45) is 0 Å². The van der Waals surface area contributed by atoms with Crippen molar-refractivity contribution in [3.05, 3.63) is 70.8 Å². The number of alkyl carbamates (subject to hydrolysis) is 1. The van der Waals surface area contributed by atoms with Crippen LogP contribution in [0.3, 0.4) is 0 Å². The average Bonchev–Trinajstić information content (AvgIpc) is 2.83. The summed E-state index contributed by atoms with van der Waals surface area (Å²) in [5, 5.41) is 5.90. The number of likely N-dealkylation sites (N-methyl/N-ethyl adjacent to an activating group) is 1. The first-order valence-electron chi connectivity index (χ1n) is 13.6. The first-order valence-corrected chi connectivity index (χ1v) is 13.6. The van der Waals surface area contributed by atoms with Gasteiger partial charge in [0.1, 0.15) is 17.7 Å². The van der Waals surface area contributed by atoms with E-state index < -0.39 is 23.8 Å². The number of ether oxygens (including phenoxy) is 1. The molecule has 0 saturated heterocycles. The molecule has 2 N–H and O–H groups in total. The van der Waals surface area contributed by atoms with E-state index >= 15 is 0 Å². The molecular weight excluding hydrogens is 478 g/mol. The van der Waals surface area contributed by atoms with Gasteiger partial charge in [0.05, 0.1) is 0 Å². The normalized spacial score (nSPS) is 13.7. The highest BCUT2D eigenvalue weighted by Crippen LogP contribution is 2.28. The van der Waals surface area contributed by atoms with Gasteiger partial charge in [0.2, 0.25) is 11.8 Å². The Hall–Kier alpha value is -3.35. The largest absolute Gasteiger partial charge is 0.444 e. The van der Waals surface area contributed by atoms with Crippen molar-refractivity contribution in [2.45, 2.75) is 98.4 Å². The van der Waals surface area contributed by atoms with Crippen molar-refractivity contribution in [3.63, 3.8) is 0 Å². The first kappa shape index (κ1) is 30.9. The number of aryl methyl sites for hydroxylation is 1. The molecule has 2 rings (SSSR count). The van der Waals surface area contributed by atoms with Gasteiger partial charge in [0.15, 0.2) is 0 Å². The summed E-state index contributed by atoms with van der Waals surface area (Å²) in [5.74, 6) is -0.572. The van der Waals surface area contributed by atoms with Crippen LogP contribution in [0.25, 0.3) is 0 Å². The molecule has 38 heavy (non-hydrogen) atoms. The van der Waals surface area contributed by atoms with Crippen LogP contribution < -0.4 is 10.6 Å². The molecule has 3 atom stereocenters. The molecule has 0 radical (unpaired) electrons. The Kier molecular flexibility index (Phi) is 11.4. The lowest BCUT2D eigenvalue weighted by molar-refractivity contribution is -0.142. The molecule has 7 nitrogen and oxygen atoms in total. The number of nitrogens with one attached hydrogen (secondary N) is 2. The van der Waals surface area contributed by atoms with Crippen LogP contribution in [0.4, 0.5) is 4.79 Å². The van der Waals surface area contributed by atoms with Gasteiger partial charge < -0.3 is 20.3 Å². The highest BCUT2D eigenvalue weighted by atomic mass is 16.6. The second-order valence-corrected chi connectivity index (χ2v) is 10.9. The van der Waals surface area contributed by atoms with Gasteiger partial charge in [0.25, 0.3) is 0 Å². The summed E-state index contributed by atoms with van der Waals surface area (Å²) in [6, 6.07) is 13.5. The number of carbonyl (C=O) groups excluding carboxylic acids is 3. The molecule has 7 heteroatoms. The van der Waals surface area contributed by atoms with Gasteiger partial charge in [-0.05, 0) is 77.1 Å². The van der Waals surface area contributed by atoms with E-state index in [9.17, 15) is 14.4 Å². The topological polar surface area (TPSA) is 87.7 Å². The predicted octanol–water partition coefficient (Wildman–Crippen LogP) is 5.63. The van der Waals surface area contributed by atoms with Gasteiger partial charge in [-0.15, -0.1) is 0 Å². The van der Waals surface area contributed by atoms with E-state index in [4.69, 9.17) is 4.74 Å². The van der Waals surface area contributed by atoms with Gasteiger partial charge in [-0.25, -0.2) is 4.79 Å². The lowest BCUT2D eigenvalue weighted by atomic mass is 9.94. The van der Waals surface area contributed by atoms with Crippen LogP contribution in [0.1, 0.15) is 82.7 Å². The number of hydrogen-bond acceptors (Lipinski definition) is 4. The lowest BCUT2D eigenvalue weighted by Gasteiger charge is -2.35. The number of rotatable bonds is 11. The third-order valence-electron chi connectivity index (χ3n) is 6.51. The van der Waals surface area contributed by atoms with Crippen molar-refractivity contribution >= 4 is 17.9 Å². The SMILES string of the molecule is CCCC(C)NC(=O)C(c1cccc(C)c1C)N(CC)C(=O)C(Cc1ccccc1)NC(=O)OC(C)(C)C. The molecule has 208 valence electrons. The molecule has 0 aliphatic rings. The maximum Gasteiger partial charge on any atom is 0.408 e. The number of amides is 3. The molecule has 0 bridgehead atoms. The summed E-state index contributed by atoms with van der Waals surface area (Å²) < 4.78 is 5.48. The molecule has 0 spiro atoms. The second-order valence-electron chi connectivity index (χ2n) is 10.9. The minimum atomic E-state index is -0.916. The zero-order chi connectivity index (χ0) is 28.5. The van der Waals surface area contributed by atoms with E-state index in [1.165, 1.54) is 0 Å². The van der Waals surface area contributed by atoms with Crippen LogP contribution in [0.5, 0.6) is 0 Å². The molecular formula is C31H45N3O4. The van der Waals surface area contributed by atoms with E-state index in [0.29, 0.717) is 0 Å². The number of nitrogens with zero attached hydrogens (tertiary/aromatic N) is 1. The fourth-order valence-corrected chi connectivity index (χ4v) is 4.51. The molecule has 0 fully saturated rings. The van der Waals surface area contributed by atoms with E-state index in [2.05, 4.69) is 17.6 Å². The average molecular weight is 524 g/mol. The van der Waals surface area contributed by atoms with Gasteiger partial charge in [-0.1, -0.05) is 61.9 Å². The van der Waals surface area contributed by atoms with Gasteiger partial charge >= 0.3 is 6.09 Å². The van der Waals surface area contributed by atoms with E-state index in [1.54, 1.807) is 25.7 Å². The molecule has 3 unspecified atom stereocenters. The Bertz CT molecular complexity index is 1080. The third kappa shape index (κ3) is 8.89. The fourth-order valence-electron chi connectivity index (χ4n) is 4.51. The summed E-state index contributed by atoms with van der Waals surface area (Å²) in [4.78, 5) is 42.3. The van der Waals surface area contributed by atoms with Crippen molar-refractivity contribution in [3.8, 4) is 0 Å². The van der Waals surface area contributed by atoms with Crippen LogP contribution in [-0.4, -0.2) is 47.0 Å². The van der Waals surface area contributed by atoms with Crippen LogP contribution in [0, 0.1) is 13.8 Å². The molecule has 3 amide bonds. The Labute approximate surface area is 228 Å². The zero-order valence-electron chi connectivity index (χ0n) is 24.3. The third-order valence-corrected chi connectivity index (χ3v) is 6.51. The zero-order valence-corrected chi connectivity index (χ0v) is 24.3. The molecule has 0 saturated carbocycles. The summed E-state index contributed by atoms with van der Waals surface area (Å²) in [6.45, 7) is 15.5. The summed E-state index contributed by atoms with van der Waals surface area (Å²) in [5.41, 5.74) is 2.95. The maximum absolute atomic E-state index is 14.2. The van der Waals surface area contributed by atoms with Gasteiger partial charge in [-0.2, -0.15) is 0 Å². The van der Waals surface area contributed by atoms with Crippen LogP contribution in [0.2, 0.25) is 0 Å². The van der Waals surface area contributed by atoms with Gasteiger partial charge in [0, 0.05) is 19.0 Å². The van der Waals surface area contributed by atoms with Crippen molar-refractivity contribution in [2.75, 3.05) is 6.54 Å². The molecule has 2 aromatic rings. The number of benzene rings is 2. The van der Waals surface area contributed by atoms with E-state index in [0.717, 1.165) is 35.1 Å². The Balaban J connectivity index is 2.51. The Morgan fingerprint density at radius 2 is 1.61 bits per heavy atom. The number of carbonyl (C=O) groups is 3. The minimum absolute atomic E-state index is 0.0334. The second kappa shape index (κ2) is 14.0. The summed E-state index contributed by atoms with van der Waals surface area (Å²) in [7, 11) is 0. The predicted molar refractivity (Wildman–Crippen MR) is 152 cm³/mol. The quantitative estimate of drug-likeness (QED) is 0.399. The van der Waals surface area contributed by atoms with Gasteiger partial charge in [-0.3, -0.25) is 9.59 Å². The highest BCUT2D eigenvalue weighted by Gasteiger charge is 2.36. The standard InChI is InChI=1S/C31H45N3O4/c1-9-15-22(4)32-28(35)27(25-19-14-16-21(3)23(25)5)34(10-2)29(36)26(20-24-17-12-11-13-18-24)33-30(37)38-31(6,7)8/h11-14,16-19,22,26-27H,9-10,15,20H2,1-8H3,(H,32,35)(H,33,37). The minimum Gasteiger partial charge on any atom is -0.444 e. The molecule has 0 aliphatic heterocycles. The molecule has 2 aromatic carbocycles. The Morgan fingerprint density at radius 3 is 2.18 bits per heavy atom. The van der Waals surface area contributed by atoms with Crippen LogP contribution in [0.15, 0.2) is 48.5 Å². The van der Waals surface area contributed by atoms with Crippen molar-refractivity contribution in [1.29, 1.82) is 0 Å². The van der Waals surface area contributed by atoms with E-state index in [1.807, 2.05) is 76.2 Å². The maximum atomic E-state index is 14.2. The Morgan fingerprint density at radius 1 is 0.947 bits per heavy atom. The first-order chi connectivity index (χ1) is 17.9. The molecule has 0 aliphatic carbocycles. The van der Waals surface area contributed by atoms with Crippen molar-refractivity contribution in [1.82, 2.24) is 15.5 Å². The van der Waals surface area contributed by atoms with Crippen LogP contribution in [-0.2, 0) is 20.7 Å². The summed E-state index contributed by atoms with van der Waals surface area (Å²) in [6.07, 6.45) is 1.36.